The average molecular weight is 274 g/mol. The highest BCUT2D eigenvalue weighted by Crippen LogP contribution is 2.21. The number of urea groups is 1. The van der Waals surface area contributed by atoms with Crippen molar-refractivity contribution in [2.45, 2.75) is 26.3 Å². The smallest absolute Gasteiger partial charge is 0.317 e. The van der Waals surface area contributed by atoms with E-state index in [1.807, 2.05) is 25.6 Å². The van der Waals surface area contributed by atoms with E-state index in [4.69, 9.17) is 5.11 Å². The molecular formula is C12H22N2O3S. The van der Waals surface area contributed by atoms with Crippen LogP contribution in [0.4, 0.5) is 4.79 Å². The van der Waals surface area contributed by atoms with E-state index in [1.54, 1.807) is 11.9 Å². The van der Waals surface area contributed by atoms with Gasteiger partial charge in [0.15, 0.2) is 0 Å². The molecule has 2 amide bonds. The fourth-order valence-corrected chi connectivity index (χ4v) is 3.19. The highest BCUT2D eigenvalue weighted by atomic mass is 32.2. The molecule has 0 aromatic rings. The van der Waals surface area contributed by atoms with E-state index in [9.17, 15) is 9.59 Å². The van der Waals surface area contributed by atoms with Crippen LogP contribution in [0, 0.1) is 11.8 Å². The second-order valence-electron chi connectivity index (χ2n) is 5.00. The summed E-state index contributed by atoms with van der Waals surface area (Å²) in [5.74, 6) is 0.683. The summed E-state index contributed by atoms with van der Waals surface area (Å²) in [4.78, 5) is 24.6. The van der Waals surface area contributed by atoms with Crippen molar-refractivity contribution in [1.82, 2.24) is 10.2 Å². The van der Waals surface area contributed by atoms with Gasteiger partial charge >= 0.3 is 12.0 Å². The number of amides is 2. The maximum Gasteiger partial charge on any atom is 0.317 e. The van der Waals surface area contributed by atoms with Crippen LogP contribution in [0.25, 0.3) is 0 Å². The predicted molar refractivity (Wildman–Crippen MR) is 72.9 cm³/mol. The minimum absolute atomic E-state index is 0.00939. The van der Waals surface area contributed by atoms with Crippen molar-refractivity contribution in [3.63, 3.8) is 0 Å². The van der Waals surface area contributed by atoms with E-state index in [1.165, 1.54) is 0 Å². The summed E-state index contributed by atoms with van der Waals surface area (Å²) in [6, 6.07) is 0.103. The van der Waals surface area contributed by atoms with Crippen molar-refractivity contribution in [1.29, 1.82) is 0 Å². The number of nitrogens with one attached hydrogen (secondary N) is 1. The van der Waals surface area contributed by atoms with E-state index in [-0.39, 0.29) is 24.5 Å². The van der Waals surface area contributed by atoms with Crippen molar-refractivity contribution in [3.8, 4) is 0 Å². The maximum absolute atomic E-state index is 11.9. The van der Waals surface area contributed by atoms with E-state index < -0.39 is 11.9 Å². The molecule has 104 valence electrons. The number of hydrogen-bond donors (Lipinski definition) is 2. The molecule has 2 N–H and O–H groups in total. The molecule has 0 aromatic carbocycles. The maximum atomic E-state index is 11.9. The van der Waals surface area contributed by atoms with Crippen LogP contribution in [0.15, 0.2) is 0 Å². The number of thioether (sulfide) groups is 1. The number of hydrogen-bond acceptors (Lipinski definition) is 3. The van der Waals surface area contributed by atoms with Gasteiger partial charge in [-0.2, -0.15) is 11.8 Å². The van der Waals surface area contributed by atoms with Crippen LogP contribution >= 0.6 is 11.8 Å². The molecule has 0 aromatic heterocycles. The third-order valence-electron chi connectivity index (χ3n) is 3.37. The zero-order valence-corrected chi connectivity index (χ0v) is 12.0. The molecule has 5 nitrogen and oxygen atoms in total. The van der Waals surface area contributed by atoms with Crippen LogP contribution < -0.4 is 5.32 Å². The van der Waals surface area contributed by atoms with Crippen LogP contribution in [-0.2, 0) is 4.79 Å². The Labute approximate surface area is 112 Å². The SMILES string of the molecule is CC(C)C(CNC(=O)N(C)C1CCSC1)C(=O)O. The summed E-state index contributed by atoms with van der Waals surface area (Å²) in [5.41, 5.74) is 0. The van der Waals surface area contributed by atoms with Crippen molar-refractivity contribution in [3.05, 3.63) is 0 Å². The summed E-state index contributed by atoms with van der Waals surface area (Å²) >= 11 is 1.85. The molecule has 0 saturated carbocycles. The van der Waals surface area contributed by atoms with Crippen molar-refractivity contribution < 1.29 is 14.7 Å². The number of rotatable bonds is 5. The normalized spacial score (nSPS) is 20.8. The Morgan fingerprint density at radius 3 is 2.61 bits per heavy atom. The Morgan fingerprint density at radius 1 is 1.50 bits per heavy atom. The number of nitrogens with zero attached hydrogens (tertiary/aromatic N) is 1. The number of carbonyl (C=O) groups is 2. The molecule has 0 spiro atoms. The molecule has 1 aliphatic rings. The van der Waals surface area contributed by atoms with Gasteiger partial charge in [-0.05, 0) is 18.1 Å². The van der Waals surface area contributed by atoms with E-state index in [0.29, 0.717) is 0 Å². The number of carboxylic acid groups (broad SMARTS) is 1. The lowest BCUT2D eigenvalue weighted by Gasteiger charge is -2.25. The first-order valence-electron chi connectivity index (χ1n) is 6.24. The Kier molecular flexibility index (Phi) is 5.78. The van der Waals surface area contributed by atoms with Gasteiger partial charge in [0.1, 0.15) is 0 Å². The minimum Gasteiger partial charge on any atom is -0.481 e. The molecule has 0 aliphatic carbocycles. The second-order valence-corrected chi connectivity index (χ2v) is 6.15. The molecule has 1 rings (SSSR count). The van der Waals surface area contributed by atoms with Gasteiger partial charge in [-0.1, -0.05) is 13.8 Å². The van der Waals surface area contributed by atoms with Gasteiger partial charge in [0.25, 0.3) is 0 Å². The second kappa shape index (κ2) is 6.87. The Morgan fingerprint density at radius 2 is 2.17 bits per heavy atom. The van der Waals surface area contributed by atoms with Crippen LogP contribution in [-0.4, -0.2) is 53.1 Å². The third kappa shape index (κ3) is 4.08. The number of aliphatic carboxylic acids is 1. The first-order chi connectivity index (χ1) is 8.43. The third-order valence-corrected chi connectivity index (χ3v) is 4.51. The van der Waals surface area contributed by atoms with Crippen molar-refractivity contribution >= 4 is 23.8 Å². The lowest BCUT2D eigenvalue weighted by atomic mass is 9.96. The molecular weight excluding hydrogens is 252 g/mol. The van der Waals surface area contributed by atoms with Gasteiger partial charge in [-0.3, -0.25) is 4.79 Å². The standard InChI is InChI=1S/C12H22N2O3S/c1-8(2)10(11(15)16)6-13-12(17)14(3)9-4-5-18-7-9/h8-10H,4-7H2,1-3H3,(H,13,17)(H,15,16). The highest BCUT2D eigenvalue weighted by Gasteiger charge is 2.26. The quantitative estimate of drug-likeness (QED) is 0.797. The summed E-state index contributed by atoms with van der Waals surface area (Å²) in [6.45, 7) is 3.89. The lowest BCUT2D eigenvalue weighted by molar-refractivity contribution is -0.142. The predicted octanol–water partition coefficient (Wildman–Crippen LogP) is 1.49. The van der Waals surface area contributed by atoms with E-state index in [2.05, 4.69) is 5.32 Å². The average Bonchev–Trinajstić information content (AvgIpc) is 2.80. The molecule has 2 unspecified atom stereocenters. The molecule has 1 heterocycles. The van der Waals surface area contributed by atoms with Gasteiger partial charge in [0.2, 0.25) is 0 Å². The van der Waals surface area contributed by atoms with Gasteiger partial charge < -0.3 is 15.3 Å². The zero-order valence-electron chi connectivity index (χ0n) is 11.2. The topological polar surface area (TPSA) is 69.6 Å². The number of carboxylic acids is 1. The fourth-order valence-electron chi connectivity index (χ4n) is 1.92. The van der Waals surface area contributed by atoms with Gasteiger partial charge in [0.05, 0.1) is 5.92 Å². The minimum atomic E-state index is -0.857. The van der Waals surface area contributed by atoms with Crippen LogP contribution in [0.3, 0.4) is 0 Å². The van der Waals surface area contributed by atoms with Crippen molar-refractivity contribution in [2.24, 2.45) is 11.8 Å². The first kappa shape index (κ1) is 15.1. The van der Waals surface area contributed by atoms with E-state index in [0.717, 1.165) is 17.9 Å². The Balaban J connectivity index is 2.41. The molecule has 1 fully saturated rings. The highest BCUT2D eigenvalue weighted by molar-refractivity contribution is 7.99. The van der Waals surface area contributed by atoms with Crippen LogP contribution in [0.1, 0.15) is 20.3 Å². The number of carbonyl (C=O) groups excluding carboxylic acids is 1. The van der Waals surface area contributed by atoms with E-state index >= 15 is 0 Å². The zero-order chi connectivity index (χ0) is 13.7. The van der Waals surface area contributed by atoms with Crippen LogP contribution in [0.2, 0.25) is 0 Å². The van der Waals surface area contributed by atoms with Gasteiger partial charge in [-0.25, -0.2) is 4.79 Å². The molecule has 2 atom stereocenters. The molecule has 0 radical (unpaired) electrons. The molecule has 18 heavy (non-hydrogen) atoms. The summed E-state index contributed by atoms with van der Waals surface area (Å²) in [6.07, 6.45) is 1.02. The van der Waals surface area contributed by atoms with Gasteiger partial charge in [-0.15, -0.1) is 0 Å². The molecule has 0 bridgehead atoms. The summed E-state index contributed by atoms with van der Waals surface area (Å²) in [5, 5.41) is 11.8. The molecule has 6 heteroatoms. The Bertz CT molecular complexity index is 304. The Hall–Kier alpha value is -0.910. The summed E-state index contributed by atoms with van der Waals surface area (Å²) in [7, 11) is 1.77. The van der Waals surface area contributed by atoms with Crippen LogP contribution in [0.5, 0.6) is 0 Å². The van der Waals surface area contributed by atoms with Crippen molar-refractivity contribution in [2.75, 3.05) is 25.1 Å². The lowest BCUT2D eigenvalue weighted by Crippen LogP contribution is -2.46. The molecule has 1 aliphatic heterocycles. The van der Waals surface area contributed by atoms with Gasteiger partial charge in [0, 0.05) is 25.4 Å². The monoisotopic (exact) mass is 274 g/mol. The molecule has 1 saturated heterocycles. The summed E-state index contributed by atoms with van der Waals surface area (Å²) < 4.78 is 0. The first-order valence-corrected chi connectivity index (χ1v) is 7.40. The largest absolute Gasteiger partial charge is 0.481 e. The fraction of sp³-hybridized carbons (Fsp3) is 0.833.